The Bertz CT molecular complexity index is 546. The van der Waals surface area contributed by atoms with E-state index in [9.17, 15) is 0 Å². The van der Waals surface area contributed by atoms with Crippen LogP contribution < -0.4 is 10.4 Å². The van der Waals surface area contributed by atoms with Crippen molar-refractivity contribution < 1.29 is 43.6 Å². The zero-order valence-corrected chi connectivity index (χ0v) is 22.8. The second-order valence-electron chi connectivity index (χ2n) is 6.06. The van der Waals surface area contributed by atoms with Crippen molar-refractivity contribution in [2.45, 2.75) is 41.5 Å². The first-order valence-corrected chi connectivity index (χ1v) is 14.3. The molecule has 0 aliphatic carbocycles. The molecule has 6 nitrogen and oxygen atoms in total. The summed E-state index contributed by atoms with van der Waals surface area (Å²) in [6.45, 7) is 15.4. The molecule has 178 valence electrons. The van der Waals surface area contributed by atoms with Gasteiger partial charge in [0.15, 0.2) is 0 Å². The van der Waals surface area contributed by atoms with E-state index >= 15 is 0 Å². The van der Waals surface area contributed by atoms with E-state index in [2.05, 4.69) is 0 Å². The summed E-state index contributed by atoms with van der Waals surface area (Å²) < 4.78 is 34.5. The summed E-state index contributed by atoms with van der Waals surface area (Å²) in [6, 6.07) is 15.9. The van der Waals surface area contributed by atoms with E-state index in [0.29, 0.717) is 39.6 Å². The molecule has 0 aromatic heterocycles. The Morgan fingerprint density at radius 1 is 0.452 bits per heavy atom. The molecule has 0 N–H and O–H groups in total. The van der Waals surface area contributed by atoms with Crippen LogP contribution in [-0.2, 0) is 43.6 Å². The molecule has 2 aromatic rings. The van der Waals surface area contributed by atoms with Crippen LogP contribution in [0.1, 0.15) is 41.5 Å². The summed E-state index contributed by atoms with van der Waals surface area (Å²) in [6.07, 6.45) is 0. The van der Waals surface area contributed by atoms with Crippen LogP contribution in [0.2, 0.25) is 0 Å². The monoisotopic (exact) mass is 510 g/mol. The molecule has 0 spiro atoms. The third kappa shape index (κ3) is 9.05. The molecular formula is C22H38FeO6Si2. The maximum atomic E-state index is 5.75. The molecule has 31 heavy (non-hydrogen) atoms. The first-order chi connectivity index (χ1) is 14.6. The van der Waals surface area contributed by atoms with Crippen LogP contribution >= 0.6 is 0 Å². The second kappa shape index (κ2) is 17.0. The Kier molecular flexibility index (Phi) is 16.6. The summed E-state index contributed by atoms with van der Waals surface area (Å²) in [5.41, 5.74) is 0. The normalized spacial score (nSPS) is 11.5. The second-order valence-corrected chi connectivity index (χ2v) is 11.2. The average molecular weight is 511 g/mol. The standard InChI is InChI=1S/2C11H19O3Si.Fe/c2*1-4-12-15(13-5-2,14-6-3)11-9-7-8-10-11;/h2*7-10H,4-6H2,1-3H3;/q2*-1;+2. The average Bonchev–Trinajstić information content (AvgIpc) is 3.44. The molecule has 0 aliphatic heterocycles. The van der Waals surface area contributed by atoms with Gasteiger partial charge in [-0.2, -0.15) is 24.3 Å². The van der Waals surface area contributed by atoms with Crippen molar-refractivity contribution in [1.29, 1.82) is 0 Å². The minimum atomic E-state index is -2.62. The zero-order chi connectivity index (χ0) is 22.3. The van der Waals surface area contributed by atoms with Gasteiger partial charge in [-0.25, -0.2) is 24.3 Å². The SMILES string of the molecule is CCO[Si](OCC)(OCC)[c-]1cccc1.CCO[Si](OCC)(OCC)[c-]1cccc1.[Fe+2]. The van der Waals surface area contributed by atoms with Crippen molar-refractivity contribution in [3.8, 4) is 0 Å². The molecular weight excluding hydrogens is 472 g/mol. The van der Waals surface area contributed by atoms with Crippen LogP contribution in [0.3, 0.4) is 0 Å². The van der Waals surface area contributed by atoms with Crippen molar-refractivity contribution in [3.63, 3.8) is 0 Å². The van der Waals surface area contributed by atoms with Crippen molar-refractivity contribution in [1.82, 2.24) is 0 Å². The Hall–Kier alpha value is -0.587. The van der Waals surface area contributed by atoms with Gasteiger partial charge in [-0.3, -0.25) is 0 Å². The number of hydrogen-bond acceptors (Lipinski definition) is 6. The number of hydrogen-bond donors (Lipinski definition) is 0. The van der Waals surface area contributed by atoms with Gasteiger partial charge in [0, 0.05) is 39.6 Å². The molecule has 9 heteroatoms. The van der Waals surface area contributed by atoms with E-state index in [1.807, 2.05) is 90.1 Å². The summed E-state index contributed by atoms with van der Waals surface area (Å²) in [5.74, 6) is 0. The van der Waals surface area contributed by atoms with E-state index in [-0.39, 0.29) is 17.1 Å². The van der Waals surface area contributed by atoms with E-state index in [0.717, 1.165) is 10.4 Å². The number of rotatable bonds is 14. The third-order valence-electron chi connectivity index (χ3n) is 4.04. The molecule has 0 unspecified atom stereocenters. The molecule has 0 amide bonds. The maximum absolute atomic E-state index is 5.75. The maximum Gasteiger partial charge on any atom is 2.00 e. The molecule has 0 bridgehead atoms. The van der Waals surface area contributed by atoms with Crippen molar-refractivity contribution in [2.75, 3.05) is 39.6 Å². The van der Waals surface area contributed by atoms with Gasteiger partial charge in [-0.1, -0.05) is 10.4 Å². The Morgan fingerprint density at radius 2 is 0.645 bits per heavy atom. The summed E-state index contributed by atoms with van der Waals surface area (Å²) >= 11 is 0. The molecule has 0 saturated carbocycles. The summed E-state index contributed by atoms with van der Waals surface area (Å²) in [7, 11) is -5.24. The molecule has 0 saturated heterocycles. The predicted molar refractivity (Wildman–Crippen MR) is 125 cm³/mol. The quantitative estimate of drug-likeness (QED) is 0.287. The van der Waals surface area contributed by atoms with Gasteiger partial charge in [0.1, 0.15) is 0 Å². The Morgan fingerprint density at radius 3 is 0.806 bits per heavy atom. The molecule has 0 fully saturated rings. The van der Waals surface area contributed by atoms with E-state index in [1.165, 1.54) is 0 Å². The fourth-order valence-corrected chi connectivity index (χ4v) is 8.03. The molecule has 2 rings (SSSR count). The smallest absolute Gasteiger partial charge is 0.379 e. The molecule has 2 aromatic carbocycles. The predicted octanol–water partition coefficient (Wildman–Crippen LogP) is 3.32. The van der Waals surface area contributed by atoms with Crippen LogP contribution in [-0.4, -0.2) is 57.3 Å². The summed E-state index contributed by atoms with van der Waals surface area (Å²) in [5, 5.41) is 2.10. The van der Waals surface area contributed by atoms with Gasteiger partial charge >= 0.3 is 34.7 Å². The fraction of sp³-hybridized carbons (Fsp3) is 0.545. The Labute approximate surface area is 201 Å². The Balaban J connectivity index is 0.000000562. The van der Waals surface area contributed by atoms with Crippen LogP contribution in [0.15, 0.2) is 48.5 Å². The van der Waals surface area contributed by atoms with Crippen molar-refractivity contribution in [3.05, 3.63) is 48.5 Å². The van der Waals surface area contributed by atoms with Crippen LogP contribution in [0.5, 0.6) is 0 Å². The van der Waals surface area contributed by atoms with Gasteiger partial charge < -0.3 is 26.6 Å². The minimum absolute atomic E-state index is 0. The third-order valence-corrected chi connectivity index (χ3v) is 10.1. The fourth-order valence-electron chi connectivity index (χ4n) is 3.05. The zero-order valence-electron chi connectivity index (χ0n) is 19.7. The topological polar surface area (TPSA) is 55.4 Å². The molecule has 0 heterocycles. The van der Waals surface area contributed by atoms with E-state index in [1.54, 1.807) is 0 Å². The minimum Gasteiger partial charge on any atom is -0.379 e. The van der Waals surface area contributed by atoms with Crippen LogP contribution in [0.4, 0.5) is 0 Å². The van der Waals surface area contributed by atoms with Gasteiger partial charge in [0.05, 0.1) is 0 Å². The molecule has 0 aliphatic rings. The van der Waals surface area contributed by atoms with E-state index in [4.69, 9.17) is 26.6 Å². The van der Waals surface area contributed by atoms with Crippen LogP contribution in [0, 0.1) is 0 Å². The molecule has 0 radical (unpaired) electrons. The van der Waals surface area contributed by atoms with Crippen LogP contribution in [0.25, 0.3) is 0 Å². The van der Waals surface area contributed by atoms with Gasteiger partial charge in [0.2, 0.25) is 0 Å². The van der Waals surface area contributed by atoms with Gasteiger partial charge in [0.25, 0.3) is 0 Å². The largest absolute Gasteiger partial charge is 2.00 e. The molecule has 0 atom stereocenters. The first-order valence-electron chi connectivity index (χ1n) is 10.9. The van der Waals surface area contributed by atoms with Gasteiger partial charge in [-0.15, -0.1) is 0 Å². The summed E-state index contributed by atoms with van der Waals surface area (Å²) in [4.78, 5) is 0. The van der Waals surface area contributed by atoms with Gasteiger partial charge in [-0.05, 0) is 41.5 Å². The van der Waals surface area contributed by atoms with Crippen molar-refractivity contribution >= 4 is 28.0 Å². The van der Waals surface area contributed by atoms with E-state index < -0.39 is 17.6 Å². The first kappa shape index (κ1) is 30.4. The van der Waals surface area contributed by atoms with Crippen molar-refractivity contribution in [2.24, 2.45) is 0 Å².